The number of rotatable bonds is 8. The molecule has 0 saturated heterocycles. The van der Waals surface area contributed by atoms with Gasteiger partial charge in [0, 0.05) is 53.9 Å². The van der Waals surface area contributed by atoms with E-state index in [9.17, 15) is 18.0 Å². The van der Waals surface area contributed by atoms with Crippen LogP contribution in [-0.4, -0.2) is 38.5 Å². The van der Waals surface area contributed by atoms with Crippen molar-refractivity contribution in [1.82, 2.24) is 24.4 Å². The fourth-order valence-corrected chi connectivity index (χ4v) is 4.33. The van der Waals surface area contributed by atoms with Crippen LogP contribution in [0.3, 0.4) is 0 Å². The van der Waals surface area contributed by atoms with Gasteiger partial charge in [-0.2, -0.15) is 13.2 Å². The molecular formula is C29H28F3N5O2. The molecule has 0 radical (unpaired) electrons. The topological polar surface area (TPSA) is 73.1 Å². The van der Waals surface area contributed by atoms with Crippen molar-refractivity contribution < 1.29 is 17.9 Å². The molecule has 202 valence electrons. The minimum atomic E-state index is -4.75. The number of aryl methyl sites for hydroxylation is 2. The standard InChI is InChI=1S/C29H28F3N5O2/c1-6-9-25(36(4)5)21-14-18(2)35-27-20(21)10-7-12-26(27)39-16-22-19(3)33-17-34-24(22)15-37-13-8-11-23(28(37)38)29(30,31)32/h6-14,17H,1,15-16H2,2-5H3/b25-9-. The smallest absolute Gasteiger partial charge is 0.421 e. The molecule has 0 bridgehead atoms. The van der Waals surface area contributed by atoms with Crippen LogP contribution < -0.4 is 10.3 Å². The van der Waals surface area contributed by atoms with Crippen LogP contribution in [0.4, 0.5) is 13.2 Å². The van der Waals surface area contributed by atoms with Gasteiger partial charge in [-0.25, -0.2) is 15.0 Å². The molecule has 4 aromatic rings. The number of ether oxygens (including phenoxy) is 1. The van der Waals surface area contributed by atoms with Crippen molar-refractivity contribution in [3.8, 4) is 5.75 Å². The zero-order valence-corrected chi connectivity index (χ0v) is 22.1. The highest BCUT2D eigenvalue weighted by Gasteiger charge is 2.34. The molecule has 39 heavy (non-hydrogen) atoms. The average molecular weight is 536 g/mol. The van der Waals surface area contributed by atoms with Crippen LogP contribution in [0.5, 0.6) is 5.75 Å². The minimum absolute atomic E-state index is 0.0306. The van der Waals surface area contributed by atoms with Crippen molar-refractivity contribution >= 4 is 16.6 Å². The molecule has 0 aliphatic heterocycles. The molecule has 0 amide bonds. The molecule has 0 aliphatic rings. The number of halogens is 3. The van der Waals surface area contributed by atoms with E-state index < -0.39 is 17.3 Å². The number of hydrogen-bond acceptors (Lipinski definition) is 6. The maximum Gasteiger partial charge on any atom is 0.421 e. The van der Waals surface area contributed by atoms with Crippen LogP contribution in [0.1, 0.15) is 33.8 Å². The largest absolute Gasteiger partial charge is 0.486 e. The Hall–Kier alpha value is -4.47. The third kappa shape index (κ3) is 5.84. The molecular weight excluding hydrogens is 507 g/mol. The summed E-state index contributed by atoms with van der Waals surface area (Å²) in [5.74, 6) is 0.527. The Bertz CT molecular complexity index is 1620. The Kier molecular flexibility index (Phi) is 7.85. The molecule has 0 N–H and O–H groups in total. The molecule has 0 saturated carbocycles. The molecule has 0 aliphatic carbocycles. The van der Waals surface area contributed by atoms with E-state index in [0.29, 0.717) is 28.2 Å². The summed E-state index contributed by atoms with van der Waals surface area (Å²) in [5.41, 5.74) is 2.57. The quantitative estimate of drug-likeness (QED) is 0.276. The van der Waals surface area contributed by atoms with Gasteiger partial charge in [-0.3, -0.25) is 4.79 Å². The second-order valence-corrected chi connectivity index (χ2v) is 9.17. The molecule has 0 atom stereocenters. The summed E-state index contributed by atoms with van der Waals surface area (Å²) in [5, 5.41) is 0.886. The first-order valence-electron chi connectivity index (χ1n) is 12.1. The highest BCUT2D eigenvalue weighted by molar-refractivity contribution is 5.94. The molecule has 10 heteroatoms. The monoisotopic (exact) mass is 535 g/mol. The lowest BCUT2D eigenvalue weighted by atomic mass is 10.0. The summed E-state index contributed by atoms with van der Waals surface area (Å²) in [4.78, 5) is 27.7. The van der Waals surface area contributed by atoms with Crippen molar-refractivity contribution in [2.24, 2.45) is 0 Å². The van der Waals surface area contributed by atoms with E-state index in [1.165, 1.54) is 18.6 Å². The lowest BCUT2D eigenvalue weighted by Crippen LogP contribution is -2.29. The number of benzene rings is 1. The second kappa shape index (κ2) is 11.1. The fraction of sp³-hybridized carbons (Fsp3) is 0.241. The number of nitrogens with zero attached hydrogens (tertiary/aromatic N) is 5. The van der Waals surface area contributed by atoms with Crippen LogP contribution in [0.15, 0.2) is 72.4 Å². The predicted octanol–water partition coefficient (Wildman–Crippen LogP) is 5.54. The van der Waals surface area contributed by atoms with Crippen molar-refractivity contribution in [3.05, 3.63) is 112 Å². The Balaban J connectivity index is 1.71. The van der Waals surface area contributed by atoms with Crippen molar-refractivity contribution in [1.29, 1.82) is 0 Å². The first-order chi connectivity index (χ1) is 18.5. The summed E-state index contributed by atoms with van der Waals surface area (Å²) in [7, 11) is 3.90. The lowest BCUT2D eigenvalue weighted by Gasteiger charge is -2.20. The van der Waals surface area contributed by atoms with E-state index in [1.807, 2.05) is 50.2 Å². The van der Waals surface area contributed by atoms with Gasteiger partial charge >= 0.3 is 6.18 Å². The first-order valence-corrected chi connectivity index (χ1v) is 12.1. The van der Waals surface area contributed by atoms with Gasteiger partial charge < -0.3 is 14.2 Å². The molecule has 3 aromatic heterocycles. The summed E-state index contributed by atoms with van der Waals surface area (Å²) in [6.07, 6.45) is 1.52. The highest BCUT2D eigenvalue weighted by Crippen LogP contribution is 2.32. The van der Waals surface area contributed by atoms with E-state index in [2.05, 4.69) is 16.5 Å². The molecule has 0 fully saturated rings. The number of para-hydroxylation sites is 1. The van der Waals surface area contributed by atoms with Gasteiger partial charge in [-0.15, -0.1) is 0 Å². The van der Waals surface area contributed by atoms with E-state index in [-0.39, 0.29) is 13.2 Å². The van der Waals surface area contributed by atoms with Crippen molar-refractivity contribution in [2.75, 3.05) is 14.1 Å². The maximum atomic E-state index is 13.3. The van der Waals surface area contributed by atoms with E-state index in [0.717, 1.165) is 33.0 Å². The average Bonchev–Trinajstić information content (AvgIpc) is 2.87. The third-order valence-electron chi connectivity index (χ3n) is 6.23. The molecule has 1 aromatic carbocycles. The van der Waals surface area contributed by atoms with E-state index >= 15 is 0 Å². The number of fused-ring (bicyclic) bond motifs is 1. The third-order valence-corrected chi connectivity index (χ3v) is 6.23. The molecule has 7 nitrogen and oxygen atoms in total. The summed E-state index contributed by atoms with van der Waals surface area (Å²) < 4.78 is 47.0. The zero-order valence-electron chi connectivity index (χ0n) is 22.1. The van der Waals surface area contributed by atoms with Gasteiger partial charge in [0.1, 0.15) is 29.8 Å². The molecule has 0 unspecified atom stereocenters. The Labute approximate surface area is 223 Å². The molecule has 4 rings (SSSR count). The van der Waals surface area contributed by atoms with Crippen LogP contribution in [-0.2, 0) is 19.3 Å². The number of pyridine rings is 2. The van der Waals surface area contributed by atoms with E-state index in [1.54, 1.807) is 19.1 Å². The Morgan fingerprint density at radius 3 is 2.62 bits per heavy atom. The van der Waals surface area contributed by atoms with Gasteiger partial charge in [-0.1, -0.05) is 24.8 Å². The maximum absolute atomic E-state index is 13.3. The first kappa shape index (κ1) is 27.6. The van der Waals surface area contributed by atoms with Crippen molar-refractivity contribution in [2.45, 2.75) is 33.2 Å². The van der Waals surface area contributed by atoms with Crippen LogP contribution in [0.2, 0.25) is 0 Å². The van der Waals surface area contributed by atoms with Gasteiger partial charge in [0.15, 0.2) is 0 Å². The number of alkyl halides is 3. The number of allylic oxidation sites excluding steroid dienone is 2. The molecule has 0 spiro atoms. The van der Waals surface area contributed by atoms with Crippen LogP contribution in [0, 0.1) is 13.8 Å². The summed E-state index contributed by atoms with van der Waals surface area (Å²) in [6.45, 7) is 7.35. The van der Waals surface area contributed by atoms with Crippen LogP contribution in [0.25, 0.3) is 16.6 Å². The van der Waals surface area contributed by atoms with Gasteiger partial charge in [0.05, 0.1) is 12.2 Å². The number of hydrogen-bond donors (Lipinski definition) is 0. The van der Waals surface area contributed by atoms with Gasteiger partial charge in [-0.05, 0) is 44.2 Å². The van der Waals surface area contributed by atoms with Gasteiger partial charge in [0.25, 0.3) is 5.56 Å². The summed E-state index contributed by atoms with van der Waals surface area (Å²) >= 11 is 0. The second-order valence-electron chi connectivity index (χ2n) is 9.17. The summed E-state index contributed by atoms with van der Waals surface area (Å²) in [6, 6.07) is 9.61. The normalized spacial score (nSPS) is 12.0. The lowest BCUT2D eigenvalue weighted by molar-refractivity contribution is -0.138. The number of aromatic nitrogens is 4. The predicted molar refractivity (Wildman–Crippen MR) is 144 cm³/mol. The Morgan fingerprint density at radius 2 is 1.92 bits per heavy atom. The van der Waals surface area contributed by atoms with Gasteiger partial charge in [0.2, 0.25) is 0 Å². The van der Waals surface area contributed by atoms with Crippen molar-refractivity contribution in [3.63, 3.8) is 0 Å². The highest BCUT2D eigenvalue weighted by atomic mass is 19.4. The SMILES string of the molecule is C=C/C=C(/c1cc(C)nc2c(OCc3c(C)ncnc3Cn3cccc(C(F)(F)F)c3=O)cccc12)N(C)C. The molecule has 3 heterocycles. The minimum Gasteiger partial charge on any atom is -0.486 e. The van der Waals surface area contributed by atoms with E-state index in [4.69, 9.17) is 9.72 Å². The zero-order chi connectivity index (χ0) is 28.3. The Morgan fingerprint density at radius 1 is 1.15 bits per heavy atom. The fourth-order valence-electron chi connectivity index (χ4n) is 4.33. The van der Waals surface area contributed by atoms with Crippen LogP contribution >= 0.6 is 0 Å².